The van der Waals surface area contributed by atoms with Crippen LogP contribution in [0.15, 0.2) is 42.5 Å². The van der Waals surface area contributed by atoms with Crippen LogP contribution in [0.2, 0.25) is 0 Å². The number of aromatic nitrogens is 3. The van der Waals surface area contributed by atoms with Crippen molar-refractivity contribution in [3.8, 4) is 11.5 Å². The highest BCUT2D eigenvalue weighted by Gasteiger charge is 2.21. The Morgan fingerprint density at radius 1 is 1.00 bits per heavy atom. The van der Waals surface area contributed by atoms with Gasteiger partial charge in [-0.05, 0) is 24.3 Å². The summed E-state index contributed by atoms with van der Waals surface area (Å²) in [5, 5.41) is 2.68. The molecule has 3 heterocycles. The molecule has 1 aliphatic heterocycles. The zero-order valence-electron chi connectivity index (χ0n) is 15.0. The number of rotatable bonds is 2. The van der Waals surface area contributed by atoms with Crippen LogP contribution in [-0.4, -0.2) is 58.7 Å². The highest BCUT2D eigenvalue weighted by molar-refractivity contribution is 5.80. The quantitative estimate of drug-likeness (QED) is 0.769. The maximum atomic E-state index is 11.7. The first-order chi connectivity index (χ1) is 12.7. The molecule has 1 saturated heterocycles. The fraction of sp³-hybridized carbons (Fsp3) is 0.316. The number of amides is 2. The molecule has 4 rings (SSSR count). The molecular formula is C19H22N6O. The number of nitrogens with zero attached hydrogens (tertiary/aromatic N) is 5. The zero-order valence-corrected chi connectivity index (χ0v) is 15.0. The molecule has 1 N–H and O–H groups in total. The number of pyridine rings is 1. The molecular weight excluding hydrogens is 328 g/mol. The Balaban J connectivity index is 1.59. The predicted octanol–water partition coefficient (Wildman–Crippen LogP) is 2.10. The summed E-state index contributed by atoms with van der Waals surface area (Å²) < 4.78 is 2.07. The van der Waals surface area contributed by atoms with Crippen LogP contribution >= 0.6 is 0 Å². The highest BCUT2D eigenvalue weighted by atomic mass is 16.2. The minimum absolute atomic E-state index is 0.0222. The van der Waals surface area contributed by atoms with Crippen LogP contribution in [0.4, 0.5) is 10.6 Å². The third-order valence-electron chi connectivity index (χ3n) is 4.86. The van der Waals surface area contributed by atoms with Gasteiger partial charge in [-0.1, -0.05) is 18.2 Å². The number of piperazine rings is 1. The van der Waals surface area contributed by atoms with Crippen molar-refractivity contribution < 1.29 is 4.79 Å². The molecule has 1 aromatic carbocycles. The summed E-state index contributed by atoms with van der Waals surface area (Å²) in [6, 6.07) is 14.1. The van der Waals surface area contributed by atoms with Gasteiger partial charge in [0.2, 0.25) is 0 Å². The van der Waals surface area contributed by atoms with Gasteiger partial charge < -0.3 is 19.7 Å². The van der Waals surface area contributed by atoms with Crippen molar-refractivity contribution in [2.75, 3.05) is 38.1 Å². The number of hydrogen-bond donors (Lipinski definition) is 1. The summed E-state index contributed by atoms with van der Waals surface area (Å²) in [4.78, 5) is 25.4. The normalized spacial score (nSPS) is 14.7. The molecule has 2 aromatic heterocycles. The molecule has 0 radical (unpaired) electrons. The van der Waals surface area contributed by atoms with Gasteiger partial charge in [0.15, 0.2) is 5.82 Å². The lowest BCUT2D eigenvalue weighted by Gasteiger charge is -2.35. The van der Waals surface area contributed by atoms with Gasteiger partial charge >= 0.3 is 6.03 Å². The Hall–Kier alpha value is -3.09. The molecule has 2 amide bonds. The number of imidazole rings is 1. The number of carbonyl (C=O) groups is 1. The number of anilines is 1. The number of hydrogen-bond acceptors (Lipinski definition) is 4. The van der Waals surface area contributed by atoms with E-state index < -0.39 is 0 Å². The number of fused-ring (bicyclic) bond motifs is 1. The van der Waals surface area contributed by atoms with E-state index in [1.54, 1.807) is 7.05 Å². The minimum Gasteiger partial charge on any atom is -0.353 e. The molecule has 1 fully saturated rings. The van der Waals surface area contributed by atoms with Crippen LogP contribution in [0.25, 0.3) is 22.6 Å². The molecule has 1 aliphatic rings. The summed E-state index contributed by atoms with van der Waals surface area (Å²) in [6.07, 6.45) is 0. The number of aryl methyl sites for hydroxylation is 1. The molecule has 0 atom stereocenters. The lowest BCUT2D eigenvalue weighted by atomic mass is 10.3. The average Bonchev–Trinajstić information content (AvgIpc) is 3.04. The van der Waals surface area contributed by atoms with E-state index in [0.29, 0.717) is 13.1 Å². The lowest BCUT2D eigenvalue weighted by Crippen LogP contribution is -2.51. The van der Waals surface area contributed by atoms with E-state index in [2.05, 4.69) is 20.9 Å². The molecule has 0 aliphatic carbocycles. The second-order valence-corrected chi connectivity index (χ2v) is 6.39. The lowest BCUT2D eigenvalue weighted by molar-refractivity contribution is 0.196. The topological polar surface area (TPSA) is 66.3 Å². The maximum Gasteiger partial charge on any atom is 0.317 e. The standard InChI is InChI=1S/C19H22N6O/c1-20-19(26)25-12-10-24(11-13-25)17-9-5-7-15(21-17)18-22-14-6-3-4-8-16(14)23(18)2/h3-9H,10-13H2,1-2H3,(H,20,26). The number of para-hydroxylation sites is 2. The van der Waals surface area contributed by atoms with Crippen molar-refractivity contribution >= 4 is 22.9 Å². The van der Waals surface area contributed by atoms with Crippen molar-refractivity contribution in [1.82, 2.24) is 24.8 Å². The predicted molar refractivity (Wildman–Crippen MR) is 102 cm³/mol. The smallest absolute Gasteiger partial charge is 0.317 e. The first-order valence-corrected chi connectivity index (χ1v) is 8.78. The molecule has 0 saturated carbocycles. The number of urea groups is 1. The van der Waals surface area contributed by atoms with Gasteiger partial charge in [-0.25, -0.2) is 14.8 Å². The van der Waals surface area contributed by atoms with Gasteiger partial charge in [-0.15, -0.1) is 0 Å². The van der Waals surface area contributed by atoms with Gasteiger partial charge in [0.05, 0.1) is 11.0 Å². The van der Waals surface area contributed by atoms with Gasteiger partial charge in [0, 0.05) is 40.3 Å². The van der Waals surface area contributed by atoms with Crippen LogP contribution in [0.1, 0.15) is 0 Å². The van der Waals surface area contributed by atoms with Crippen molar-refractivity contribution in [1.29, 1.82) is 0 Å². The van der Waals surface area contributed by atoms with Crippen LogP contribution in [0.5, 0.6) is 0 Å². The van der Waals surface area contributed by atoms with Gasteiger partial charge in [-0.3, -0.25) is 0 Å². The summed E-state index contributed by atoms with van der Waals surface area (Å²) in [7, 11) is 3.68. The highest BCUT2D eigenvalue weighted by Crippen LogP contribution is 2.24. The SMILES string of the molecule is CNC(=O)N1CCN(c2cccc(-c3nc4ccccc4n3C)n2)CC1. The van der Waals surface area contributed by atoms with E-state index in [-0.39, 0.29) is 6.03 Å². The molecule has 7 heteroatoms. The summed E-state index contributed by atoms with van der Waals surface area (Å²) in [6.45, 7) is 2.93. The van der Waals surface area contributed by atoms with E-state index >= 15 is 0 Å². The maximum absolute atomic E-state index is 11.7. The Morgan fingerprint density at radius 3 is 2.50 bits per heavy atom. The second-order valence-electron chi connectivity index (χ2n) is 6.39. The summed E-state index contributed by atoms with van der Waals surface area (Å²) in [5.41, 5.74) is 2.92. The molecule has 26 heavy (non-hydrogen) atoms. The van der Waals surface area contributed by atoms with Crippen molar-refractivity contribution in [3.05, 3.63) is 42.5 Å². The fourth-order valence-electron chi connectivity index (χ4n) is 3.40. The number of nitrogens with one attached hydrogen (secondary N) is 1. The summed E-state index contributed by atoms with van der Waals surface area (Å²) >= 11 is 0. The summed E-state index contributed by atoms with van der Waals surface area (Å²) in [5.74, 6) is 1.78. The van der Waals surface area contributed by atoms with Crippen molar-refractivity contribution in [3.63, 3.8) is 0 Å². The Labute approximate surface area is 152 Å². The molecule has 0 unspecified atom stereocenters. The molecule has 0 bridgehead atoms. The Bertz CT molecular complexity index is 942. The number of benzene rings is 1. The van der Waals surface area contributed by atoms with Crippen LogP contribution < -0.4 is 10.2 Å². The Morgan fingerprint density at radius 2 is 1.77 bits per heavy atom. The van der Waals surface area contributed by atoms with E-state index in [1.165, 1.54) is 0 Å². The van der Waals surface area contributed by atoms with Gasteiger partial charge in [0.25, 0.3) is 0 Å². The molecule has 0 spiro atoms. The van der Waals surface area contributed by atoms with Crippen molar-refractivity contribution in [2.24, 2.45) is 7.05 Å². The average molecular weight is 350 g/mol. The van der Waals surface area contributed by atoms with Crippen LogP contribution in [0, 0.1) is 0 Å². The second kappa shape index (κ2) is 6.67. The van der Waals surface area contributed by atoms with Crippen LogP contribution in [-0.2, 0) is 7.05 Å². The monoisotopic (exact) mass is 350 g/mol. The van der Waals surface area contributed by atoms with Gasteiger partial charge in [0.1, 0.15) is 11.5 Å². The van der Waals surface area contributed by atoms with Gasteiger partial charge in [-0.2, -0.15) is 0 Å². The zero-order chi connectivity index (χ0) is 18.1. The molecule has 3 aromatic rings. The largest absolute Gasteiger partial charge is 0.353 e. The molecule has 7 nitrogen and oxygen atoms in total. The first kappa shape index (κ1) is 16.4. The minimum atomic E-state index is -0.0222. The van der Waals surface area contributed by atoms with E-state index in [9.17, 15) is 4.79 Å². The Kier molecular flexibility index (Phi) is 4.20. The molecule has 134 valence electrons. The van der Waals surface area contributed by atoms with E-state index in [0.717, 1.165) is 41.5 Å². The van der Waals surface area contributed by atoms with Crippen LogP contribution in [0.3, 0.4) is 0 Å². The fourth-order valence-corrected chi connectivity index (χ4v) is 3.40. The number of carbonyl (C=O) groups excluding carboxylic acids is 1. The van der Waals surface area contributed by atoms with Crippen molar-refractivity contribution in [2.45, 2.75) is 0 Å². The third-order valence-corrected chi connectivity index (χ3v) is 4.86. The van der Waals surface area contributed by atoms with E-state index in [4.69, 9.17) is 9.97 Å². The first-order valence-electron chi connectivity index (χ1n) is 8.78. The van der Waals surface area contributed by atoms with E-state index in [1.807, 2.05) is 48.3 Å². The third kappa shape index (κ3) is 2.85.